The minimum absolute atomic E-state index is 0. The zero-order chi connectivity index (χ0) is 3.54. The Balaban J connectivity index is 0.000000250. The van der Waals surface area contributed by atoms with Crippen LogP contribution in [0.25, 0.3) is 0 Å². The Kier molecular flexibility index (Phi) is 3.01. The van der Waals surface area contributed by atoms with Crippen LogP contribution in [0.15, 0.2) is 30.3 Å². The van der Waals surface area contributed by atoms with E-state index in [4.69, 9.17) is 0 Å². The first-order valence-corrected chi connectivity index (χ1v) is 1.67. The van der Waals surface area contributed by atoms with Crippen molar-refractivity contribution in [3.8, 4) is 0 Å². The predicted molar refractivity (Wildman–Crippen MR) is 22.0 cm³/mol. The molecule has 0 N–H and O–H groups in total. The molecule has 0 aromatic heterocycles. The molecule has 0 unspecified atom stereocenters. The number of hydrogen-bond acceptors (Lipinski definition) is 0. The van der Waals surface area contributed by atoms with Crippen LogP contribution in [0.2, 0.25) is 0 Å². The van der Waals surface area contributed by atoms with Gasteiger partial charge in [-0.05, 0) is 0 Å². The van der Waals surface area contributed by atoms with Gasteiger partial charge in [0.15, 0.2) is 0 Å². The summed E-state index contributed by atoms with van der Waals surface area (Å²) in [6, 6.07) is 10.0. The second kappa shape index (κ2) is 3.07. The van der Waals surface area contributed by atoms with Gasteiger partial charge in [0.05, 0.1) is 0 Å². The smallest absolute Gasteiger partial charge is 0 e. The van der Waals surface area contributed by atoms with E-state index >= 15 is 0 Å². The Morgan fingerprint density at radius 3 is 1.67 bits per heavy atom. The second-order valence-electron chi connectivity index (χ2n) is 0.962. The molecule has 0 atom stereocenters. The van der Waals surface area contributed by atoms with Crippen molar-refractivity contribution in [2.24, 2.45) is 0 Å². The number of rotatable bonds is 0. The molecule has 0 amide bonds. The molecule has 34 valence electrons. The van der Waals surface area contributed by atoms with Crippen LogP contribution in [0.4, 0.5) is 0 Å². The summed E-state index contributed by atoms with van der Waals surface area (Å²) < 4.78 is 0. The van der Waals surface area contributed by atoms with Gasteiger partial charge >= 0.3 is 0 Å². The van der Waals surface area contributed by atoms with Gasteiger partial charge in [-0.25, -0.2) is 12.1 Å². The first kappa shape index (κ1) is 5.87. The average Bonchev–Trinajstić information content (AvgIpc) is 1.76. The molecule has 0 heterocycles. The molecule has 6 heavy (non-hydrogen) atoms. The van der Waals surface area contributed by atoms with Gasteiger partial charge in [0.2, 0.25) is 0 Å². The van der Waals surface area contributed by atoms with E-state index in [1.165, 1.54) is 0 Å². The Hall–Kier alpha value is -0.131. The standard InChI is InChI=1S/C5H5.Fe/c1-2-4-5-3-1;/h1-5H;/q-1;. The molecule has 0 saturated carbocycles. The SMILES string of the molecule is [Fe].c1cc[cH-]c1. The average molecular weight is 121 g/mol. The van der Waals surface area contributed by atoms with Gasteiger partial charge in [-0.2, -0.15) is 18.2 Å². The van der Waals surface area contributed by atoms with Crippen LogP contribution in [-0.2, 0) is 17.1 Å². The van der Waals surface area contributed by atoms with Gasteiger partial charge in [0.1, 0.15) is 0 Å². The van der Waals surface area contributed by atoms with E-state index in [1.807, 2.05) is 30.3 Å². The Bertz CT molecular complexity index is 60.4. The third-order valence-electron chi connectivity index (χ3n) is 0.556. The first-order valence-electron chi connectivity index (χ1n) is 1.67. The van der Waals surface area contributed by atoms with Crippen LogP contribution in [0, 0.1) is 0 Å². The fraction of sp³-hybridized carbons (Fsp3) is 0. The summed E-state index contributed by atoms with van der Waals surface area (Å²) in [6.07, 6.45) is 0. The van der Waals surface area contributed by atoms with E-state index in [1.54, 1.807) is 0 Å². The molecule has 1 heteroatoms. The van der Waals surface area contributed by atoms with E-state index in [-0.39, 0.29) is 17.1 Å². The quantitative estimate of drug-likeness (QED) is 0.359. The number of hydrogen-bond donors (Lipinski definition) is 0. The molecule has 1 aromatic carbocycles. The minimum Gasteiger partial charge on any atom is -0.214 e. The predicted octanol–water partition coefficient (Wildman–Crippen LogP) is 1.40. The van der Waals surface area contributed by atoms with Crippen molar-refractivity contribution in [1.29, 1.82) is 0 Å². The molecule has 0 aliphatic rings. The van der Waals surface area contributed by atoms with Crippen molar-refractivity contribution in [2.75, 3.05) is 0 Å². The van der Waals surface area contributed by atoms with E-state index < -0.39 is 0 Å². The second-order valence-corrected chi connectivity index (χ2v) is 0.962. The van der Waals surface area contributed by atoms with Crippen LogP contribution in [0.3, 0.4) is 0 Å². The molecule has 0 nitrogen and oxygen atoms in total. The molecule has 1 aromatic rings. The summed E-state index contributed by atoms with van der Waals surface area (Å²) in [5.41, 5.74) is 0. The molecule has 0 aliphatic carbocycles. The summed E-state index contributed by atoms with van der Waals surface area (Å²) in [7, 11) is 0. The molecule has 0 spiro atoms. The summed E-state index contributed by atoms with van der Waals surface area (Å²) in [4.78, 5) is 0. The Labute approximate surface area is 48.0 Å². The summed E-state index contributed by atoms with van der Waals surface area (Å²) in [5.74, 6) is 0. The molecular weight excluding hydrogens is 116 g/mol. The fourth-order valence-corrected chi connectivity index (χ4v) is 0.321. The summed E-state index contributed by atoms with van der Waals surface area (Å²) >= 11 is 0. The topological polar surface area (TPSA) is 0 Å². The summed E-state index contributed by atoms with van der Waals surface area (Å²) in [5, 5.41) is 0. The zero-order valence-corrected chi connectivity index (χ0v) is 4.34. The molecule has 0 aliphatic heterocycles. The van der Waals surface area contributed by atoms with Crippen LogP contribution < -0.4 is 0 Å². The molecule has 0 saturated heterocycles. The van der Waals surface area contributed by atoms with E-state index in [2.05, 4.69) is 0 Å². The van der Waals surface area contributed by atoms with E-state index in [9.17, 15) is 0 Å². The third kappa shape index (κ3) is 1.34. The van der Waals surface area contributed by atoms with Crippen LogP contribution in [0.5, 0.6) is 0 Å². The maximum Gasteiger partial charge on any atom is 0 e. The van der Waals surface area contributed by atoms with Gasteiger partial charge in [-0.3, -0.25) is 0 Å². The third-order valence-corrected chi connectivity index (χ3v) is 0.556. The van der Waals surface area contributed by atoms with Gasteiger partial charge in [0.25, 0.3) is 0 Å². The zero-order valence-electron chi connectivity index (χ0n) is 3.24. The van der Waals surface area contributed by atoms with Gasteiger partial charge < -0.3 is 0 Å². The van der Waals surface area contributed by atoms with Crippen molar-refractivity contribution in [3.63, 3.8) is 0 Å². The molecular formula is C5H5Fe-. The first-order chi connectivity index (χ1) is 2.50. The van der Waals surface area contributed by atoms with Crippen LogP contribution in [-0.4, -0.2) is 0 Å². The minimum atomic E-state index is 0. The monoisotopic (exact) mass is 121 g/mol. The van der Waals surface area contributed by atoms with Gasteiger partial charge in [-0.15, -0.1) is 0 Å². The van der Waals surface area contributed by atoms with Crippen molar-refractivity contribution < 1.29 is 17.1 Å². The molecule has 0 fully saturated rings. The van der Waals surface area contributed by atoms with E-state index in [0.29, 0.717) is 0 Å². The molecule has 1 rings (SSSR count). The molecule has 0 bridgehead atoms. The van der Waals surface area contributed by atoms with Gasteiger partial charge in [-0.1, -0.05) is 0 Å². The van der Waals surface area contributed by atoms with Crippen molar-refractivity contribution in [3.05, 3.63) is 30.3 Å². The van der Waals surface area contributed by atoms with Crippen molar-refractivity contribution >= 4 is 0 Å². The van der Waals surface area contributed by atoms with Crippen LogP contribution in [0.1, 0.15) is 0 Å². The fourth-order valence-electron chi connectivity index (χ4n) is 0.321. The Morgan fingerprint density at radius 1 is 1.00 bits per heavy atom. The maximum absolute atomic E-state index is 2.00. The van der Waals surface area contributed by atoms with Gasteiger partial charge in [0, 0.05) is 17.1 Å². The maximum atomic E-state index is 2.00. The van der Waals surface area contributed by atoms with Crippen molar-refractivity contribution in [2.45, 2.75) is 0 Å². The Morgan fingerprint density at radius 2 is 1.50 bits per heavy atom. The van der Waals surface area contributed by atoms with Crippen molar-refractivity contribution in [1.82, 2.24) is 0 Å². The molecule has 0 radical (unpaired) electrons. The summed E-state index contributed by atoms with van der Waals surface area (Å²) in [6.45, 7) is 0. The van der Waals surface area contributed by atoms with E-state index in [0.717, 1.165) is 0 Å². The largest absolute Gasteiger partial charge is 0.214 e. The van der Waals surface area contributed by atoms with Crippen LogP contribution >= 0.6 is 0 Å². The normalized spacial score (nSPS) is 6.67.